The Morgan fingerprint density at radius 3 is 2.28 bits per heavy atom. The van der Waals surface area contributed by atoms with Crippen molar-refractivity contribution in [2.75, 3.05) is 13.2 Å². The fourth-order valence-electron chi connectivity index (χ4n) is 4.50. The zero-order valence-corrected chi connectivity index (χ0v) is 24.8. The predicted molar refractivity (Wildman–Crippen MR) is 171 cm³/mol. The molecule has 0 aliphatic rings. The van der Waals surface area contributed by atoms with E-state index in [4.69, 9.17) is 14.6 Å². The zero-order chi connectivity index (χ0) is 29.8. The van der Waals surface area contributed by atoms with Gasteiger partial charge in [0.15, 0.2) is 5.82 Å². The van der Waals surface area contributed by atoms with Crippen LogP contribution in [0.3, 0.4) is 0 Å². The van der Waals surface area contributed by atoms with Gasteiger partial charge in [-0.05, 0) is 79.1 Å². The van der Waals surface area contributed by atoms with Crippen LogP contribution in [0.1, 0.15) is 25.8 Å². The van der Waals surface area contributed by atoms with Crippen LogP contribution in [0.25, 0.3) is 39.4 Å². The van der Waals surface area contributed by atoms with Gasteiger partial charge in [0, 0.05) is 22.9 Å². The molecule has 3 aromatic carbocycles. The van der Waals surface area contributed by atoms with Crippen LogP contribution in [0.4, 0.5) is 0 Å². The molecular formula is C34H31N5O3S. The van der Waals surface area contributed by atoms with Crippen LogP contribution in [0.5, 0.6) is 11.5 Å². The number of rotatable bonds is 11. The summed E-state index contributed by atoms with van der Waals surface area (Å²) in [4.78, 5) is 18.6. The van der Waals surface area contributed by atoms with Crippen molar-refractivity contribution in [1.82, 2.24) is 24.4 Å². The van der Waals surface area contributed by atoms with Crippen LogP contribution < -0.4 is 19.6 Å². The number of hydrogen-bond donors (Lipinski definition) is 0. The van der Waals surface area contributed by atoms with Crippen LogP contribution in [-0.4, -0.2) is 37.6 Å². The first-order chi connectivity index (χ1) is 21.0. The molecule has 0 amide bonds. The summed E-state index contributed by atoms with van der Waals surface area (Å²) in [6.45, 7) is 9.14. The third-order valence-electron chi connectivity index (χ3n) is 6.80. The number of thiazole rings is 1. The molecule has 0 aliphatic carbocycles. The molecule has 6 rings (SSSR count). The molecule has 0 radical (unpaired) electrons. The van der Waals surface area contributed by atoms with E-state index in [1.807, 2.05) is 95.8 Å². The topological polar surface area (TPSA) is 83.5 Å². The summed E-state index contributed by atoms with van der Waals surface area (Å²) in [6.07, 6.45) is 6.50. The van der Waals surface area contributed by atoms with Crippen molar-refractivity contribution < 1.29 is 9.47 Å². The van der Waals surface area contributed by atoms with Crippen molar-refractivity contribution in [2.45, 2.75) is 20.3 Å². The van der Waals surface area contributed by atoms with Crippen molar-refractivity contribution in [3.63, 3.8) is 0 Å². The van der Waals surface area contributed by atoms with Gasteiger partial charge in [-0.25, -0.2) is 4.68 Å². The molecule has 0 saturated heterocycles. The molecule has 0 bridgehead atoms. The molecular weight excluding hydrogens is 558 g/mol. The van der Waals surface area contributed by atoms with Crippen molar-refractivity contribution in [2.24, 2.45) is 5.92 Å². The lowest BCUT2D eigenvalue weighted by Gasteiger charge is -2.08. The SMILES string of the molecule is C=CCOc1ccc(-c2nc3s/c(=C/c4cn(-c5ccccc5)nc4-c4ccc(OCCC(C)C)cc4)c(=O)n3n2)cc1. The Morgan fingerprint density at radius 2 is 1.60 bits per heavy atom. The van der Waals surface area contributed by atoms with Crippen LogP contribution >= 0.6 is 11.3 Å². The highest BCUT2D eigenvalue weighted by atomic mass is 32.1. The molecule has 0 spiro atoms. The highest BCUT2D eigenvalue weighted by molar-refractivity contribution is 7.15. The Hall–Kier alpha value is -5.02. The molecule has 6 aromatic rings. The summed E-state index contributed by atoms with van der Waals surface area (Å²) in [5.74, 6) is 2.62. The zero-order valence-electron chi connectivity index (χ0n) is 24.0. The summed E-state index contributed by atoms with van der Waals surface area (Å²) >= 11 is 1.30. The van der Waals surface area contributed by atoms with Crippen LogP contribution in [-0.2, 0) is 0 Å². The van der Waals surface area contributed by atoms with Crippen molar-refractivity contribution >= 4 is 22.4 Å². The van der Waals surface area contributed by atoms with Gasteiger partial charge in [-0.2, -0.15) is 14.6 Å². The van der Waals surface area contributed by atoms with E-state index < -0.39 is 0 Å². The molecule has 3 aromatic heterocycles. The molecule has 3 heterocycles. The lowest BCUT2D eigenvalue weighted by atomic mass is 10.1. The van der Waals surface area contributed by atoms with E-state index in [-0.39, 0.29) is 5.56 Å². The van der Waals surface area contributed by atoms with E-state index >= 15 is 0 Å². The molecule has 43 heavy (non-hydrogen) atoms. The number of nitrogens with zero attached hydrogens (tertiary/aromatic N) is 5. The first-order valence-electron chi connectivity index (χ1n) is 14.1. The van der Waals surface area contributed by atoms with Crippen LogP contribution in [0.15, 0.2) is 103 Å². The summed E-state index contributed by atoms with van der Waals surface area (Å²) in [5.41, 5.74) is 4.00. The second-order valence-electron chi connectivity index (χ2n) is 10.4. The quantitative estimate of drug-likeness (QED) is 0.167. The van der Waals surface area contributed by atoms with Gasteiger partial charge in [-0.1, -0.05) is 56.0 Å². The number of hydrogen-bond acceptors (Lipinski definition) is 7. The Labute approximate surface area is 253 Å². The average Bonchev–Trinajstić information content (AvgIpc) is 3.72. The van der Waals surface area contributed by atoms with Gasteiger partial charge < -0.3 is 9.47 Å². The Bertz CT molecular complexity index is 1960. The normalized spacial score (nSPS) is 11.8. The van der Waals surface area contributed by atoms with Gasteiger partial charge >= 0.3 is 0 Å². The summed E-state index contributed by atoms with van der Waals surface area (Å²) in [7, 11) is 0. The van der Waals surface area contributed by atoms with Crippen LogP contribution in [0.2, 0.25) is 0 Å². The smallest absolute Gasteiger partial charge is 0.291 e. The molecule has 0 N–H and O–H groups in total. The number of benzene rings is 3. The van der Waals surface area contributed by atoms with Gasteiger partial charge in [-0.3, -0.25) is 4.79 Å². The largest absolute Gasteiger partial charge is 0.494 e. The third kappa shape index (κ3) is 6.27. The molecule has 0 saturated carbocycles. The minimum Gasteiger partial charge on any atom is -0.494 e. The summed E-state index contributed by atoms with van der Waals surface area (Å²) < 4.78 is 15.2. The third-order valence-corrected chi connectivity index (χ3v) is 7.76. The minimum absolute atomic E-state index is 0.225. The lowest BCUT2D eigenvalue weighted by molar-refractivity contribution is 0.289. The van der Waals surface area contributed by atoms with Gasteiger partial charge in [-0.15, -0.1) is 5.10 Å². The highest BCUT2D eigenvalue weighted by Gasteiger charge is 2.15. The number of ether oxygens (including phenoxy) is 2. The van der Waals surface area contributed by atoms with E-state index in [1.165, 1.54) is 15.9 Å². The van der Waals surface area contributed by atoms with Gasteiger partial charge in [0.2, 0.25) is 4.96 Å². The van der Waals surface area contributed by atoms with Gasteiger partial charge in [0.1, 0.15) is 23.8 Å². The maximum absolute atomic E-state index is 13.4. The molecule has 0 aliphatic heterocycles. The molecule has 216 valence electrons. The second kappa shape index (κ2) is 12.5. The first kappa shape index (κ1) is 28.1. The predicted octanol–water partition coefficient (Wildman–Crippen LogP) is 6.21. The van der Waals surface area contributed by atoms with Gasteiger partial charge in [0.25, 0.3) is 5.56 Å². The number of aromatic nitrogens is 5. The second-order valence-corrected chi connectivity index (χ2v) is 11.4. The fourth-order valence-corrected chi connectivity index (χ4v) is 5.40. The van der Waals surface area contributed by atoms with Crippen molar-refractivity contribution in [3.8, 4) is 39.8 Å². The molecule has 0 atom stereocenters. The Morgan fingerprint density at radius 1 is 0.907 bits per heavy atom. The van der Waals surface area contributed by atoms with E-state index in [1.54, 1.807) is 6.08 Å². The Kier molecular flexibility index (Phi) is 8.15. The van der Waals surface area contributed by atoms with Crippen molar-refractivity contribution in [3.05, 3.63) is 118 Å². The van der Waals surface area contributed by atoms with Gasteiger partial charge in [0.05, 0.1) is 16.8 Å². The number of fused-ring (bicyclic) bond motifs is 1. The lowest BCUT2D eigenvalue weighted by Crippen LogP contribution is -2.23. The van der Waals surface area contributed by atoms with E-state index in [0.717, 1.165) is 46.0 Å². The van der Waals surface area contributed by atoms with E-state index in [9.17, 15) is 4.79 Å². The van der Waals surface area contributed by atoms with E-state index in [2.05, 4.69) is 30.5 Å². The fraction of sp³-hybridized carbons (Fsp3) is 0.176. The Balaban J connectivity index is 1.34. The molecule has 9 heteroatoms. The molecule has 8 nitrogen and oxygen atoms in total. The average molecular weight is 590 g/mol. The summed E-state index contributed by atoms with van der Waals surface area (Å²) in [5, 5.41) is 9.41. The highest BCUT2D eigenvalue weighted by Crippen LogP contribution is 2.27. The monoisotopic (exact) mass is 589 g/mol. The minimum atomic E-state index is -0.225. The molecule has 0 unspecified atom stereocenters. The summed E-state index contributed by atoms with van der Waals surface area (Å²) in [6, 6.07) is 25.3. The molecule has 0 fully saturated rings. The standard InChI is InChI=1S/C34H31N5O3S/c1-4-19-41-28-16-12-25(13-17-28)32-35-34-39(37-32)33(40)30(43-34)21-26-22-38(27-8-6-5-7-9-27)36-31(26)24-10-14-29(15-11-24)42-20-18-23(2)3/h4-17,21-23H,1,18-20H2,2-3H3/b30-21+. The van der Waals surface area contributed by atoms with Crippen molar-refractivity contribution in [1.29, 1.82) is 0 Å². The first-order valence-corrected chi connectivity index (χ1v) is 14.9. The maximum Gasteiger partial charge on any atom is 0.291 e. The van der Waals surface area contributed by atoms with E-state index in [0.29, 0.717) is 34.4 Å². The number of para-hydroxylation sites is 1. The van der Waals surface area contributed by atoms with Crippen LogP contribution in [0, 0.1) is 5.92 Å². The maximum atomic E-state index is 13.4.